The molecule has 0 atom stereocenters. The lowest BCUT2D eigenvalue weighted by Gasteiger charge is -2.00. The molecule has 0 unspecified atom stereocenters. The van der Waals surface area contributed by atoms with Gasteiger partial charge in [-0.15, -0.1) is 0 Å². The third-order valence-electron chi connectivity index (χ3n) is 2.91. The molecule has 2 N–H and O–H groups in total. The van der Waals surface area contributed by atoms with E-state index in [9.17, 15) is 4.79 Å². The lowest BCUT2D eigenvalue weighted by molar-refractivity contribution is 1.14. The Bertz CT molecular complexity index is 880. The molecule has 3 aromatic rings. The first kappa shape index (κ1) is 12.7. The molecule has 0 aliphatic carbocycles. The molecule has 4 heteroatoms. The highest BCUT2D eigenvalue weighted by Crippen LogP contribution is 2.20. The summed E-state index contributed by atoms with van der Waals surface area (Å²) in [6.07, 6.45) is 0. The summed E-state index contributed by atoms with van der Waals surface area (Å²) in [7, 11) is 0. The van der Waals surface area contributed by atoms with Crippen molar-refractivity contribution in [1.29, 1.82) is 0 Å². The standard InChI is InChI=1S/C16H12N2OS/c17-10-4-6-12-5-3-7-13(11-12)18-16(19)14-8-1-2-9-15(14)20-18/h1-3,5,7-9,11H,10,17H2. The summed E-state index contributed by atoms with van der Waals surface area (Å²) in [5, 5.41) is 0.746. The summed E-state index contributed by atoms with van der Waals surface area (Å²) in [5.41, 5.74) is 7.07. The zero-order valence-corrected chi connectivity index (χ0v) is 11.5. The van der Waals surface area contributed by atoms with E-state index < -0.39 is 0 Å². The van der Waals surface area contributed by atoms with Crippen LogP contribution in [-0.4, -0.2) is 10.5 Å². The molecular weight excluding hydrogens is 268 g/mol. The van der Waals surface area contributed by atoms with Crippen molar-refractivity contribution in [3.63, 3.8) is 0 Å². The van der Waals surface area contributed by atoms with Crippen LogP contribution in [0.5, 0.6) is 0 Å². The average Bonchev–Trinajstić information content (AvgIpc) is 2.83. The topological polar surface area (TPSA) is 48.0 Å². The zero-order valence-electron chi connectivity index (χ0n) is 10.7. The summed E-state index contributed by atoms with van der Waals surface area (Å²) in [6.45, 7) is 0.326. The van der Waals surface area contributed by atoms with E-state index >= 15 is 0 Å². The second kappa shape index (κ2) is 5.33. The third kappa shape index (κ3) is 2.25. The summed E-state index contributed by atoms with van der Waals surface area (Å²) in [4.78, 5) is 12.4. The number of aromatic nitrogens is 1. The van der Waals surface area contributed by atoms with E-state index in [2.05, 4.69) is 11.8 Å². The van der Waals surface area contributed by atoms with Crippen LogP contribution in [0, 0.1) is 11.8 Å². The molecule has 0 spiro atoms. The fraction of sp³-hybridized carbons (Fsp3) is 0.0625. The first-order valence-electron chi connectivity index (χ1n) is 6.20. The number of hydrogen-bond acceptors (Lipinski definition) is 3. The van der Waals surface area contributed by atoms with Crippen molar-refractivity contribution in [2.24, 2.45) is 5.73 Å². The van der Waals surface area contributed by atoms with Crippen molar-refractivity contribution in [2.75, 3.05) is 6.54 Å². The highest BCUT2D eigenvalue weighted by Gasteiger charge is 2.08. The maximum absolute atomic E-state index is 12.4. The second-order valence-corrected chi connectivity index (χ2v) is 5.23. The van der Waals surface area contributed by atoms with Crippen LogP contribution in [0.25, 0.3) is 15.8 Å². The van der Waals surface area contributed by atoms with E-state index in [1.165, 1.54) is 11.5 Å². The van der Waals surface area contributed by atoms with Crippen molar-refractivity contribution >= 4 is 21.6 Å². The van der Waals surface area contributed by atoms with E-state index in [4.69, 9.17) is 5.73 Å². The molecule has 0 fully saturated rings. The molecular formula is C16H12N2OS. The first-order valence-corrected chi connectivity index (χ1v) is 6.97. The molecule has 0 amide bonds. The molecule has 0 aliphatic heterocycles. The van der Waals surface area contributed by atoms with Gasteiger partial charge in [-0.25, -0.2) is 3.96 Å². The van der Waals surface area contributed by atoms with Crippen molar-refractivity contribution in [3.8, 4) is 17.5 Å². The van der Waals surface area contributed by atoms with Gasteiger partial charge < -0.3 is 5.73 Å². The van der Waals surface area contributed by atoms with E-state index in [0.29, 0.717) is 6.54 Å². The third-order valence-corrected chi connectivity index (χ3v) is 4.02. The van der Waals surface area contributed by atoms with E-state index in [1.807, 2.05) is 48.5 Å². The second-order valence-electron chi connectivity index (χ2n) is 4.24. The minimum absolute atomic E-state index is 0.00883. The van der Waals surface area contributed by atoms with Gasteiger partial charge in [-0.1, -0.05) is 41.6 Å². The van der Waals surface area contributed by atoms with Crippen molar-refractivity contribution in [3.05, 3.63) is 64.4 Å². The van der Waals surface area contributed by atoms with Crippen LogP contribution in [0.2, 0.25) is 0 Å². The summed E-state index contributed by atoms with van der Waals surface area (Å²) in [5.74, 6) is 5.80. The lowest BCUT2D eigenvalue weighted by Crippen LogP contribution is -2.10. The van der Waals surface area contributed by atoms with Gasteiger partial charge in [-0.05, 0) is 30.3 Å². The van der Waals surface area contributed by atoms with Crippen LogP contribution in [0.15, 0.2) is 53.3 Å². The van der Waals surface area contributed by atoms with Crippen LogP contribution < -0.4 is 11.3 Å². The maximum atomic E-state index is 12.4. The molecule has 98 valence electrons. The number of rotatable bonds is 1. The van der Waals surface area contributed by atoms with Crippen molar-refractivity contribution in [1.82, 2.24) is 3.96 Å². The molecule has 20 heavy (non-hydrogen) atoms. The smallest absolute Gasteiger partial charge is 0.273 e. The molecule has 3 rings (SSSR count). The van der Waals surface area contributed by atoms with Crippen LogP contribution in [0.1, 0.15) is 5.56 Å². The molecule has 0 saturated carbocycles. The molecule has 3 nitrogen and oxygen atoms in total. The molecule has 1 heterocycles. The van der Waals surface area contributed by atoms with Gasteiger partial charge in [0.1, 0.15) is 0 Å². The first-order chi connectivity index (χ1) is 9.79. The minimum Gasteiger partial charge on any atom is -0.320 e. The van der Waals surface area contributed by atoms with Crippen LogP contribution >= 0.6 is 11.5 Å². The van der Waals surface area contributed by atoms with Gasteiger partial charge in [0, 0.05) is 5.56 Å². The number of nitrogens with two attached hydrogens (primary N) is 1. The fourth-order valence-corrected chi connectivity index (χ4v) is 3.00. The maximum Gasteiger partial charge on any atom is 0.273 e. The van der Waals surface area contributed by atoms with Gasteiger partial charge >= 0.3 is 0 Å². The lowest BCUT2D eigenvalue weighted by atomic mass is 10.2. The molecule has 0 aliphatic rings. The highest BCUT2D eigenvalue weighted by molar-refractivity contribution is 7.14. The van der Waals surface area contributed by atoms with Crippen LogP contribution in [0.3, 0.4) is 0 Å². The Morgan fingerprint density at radius 2 is 2.00 bits per heavy atom. The Kier molecular flexibility index (Phi) is 3.38. The number of nitrogens with zero attached hydrogens (tertiary/aromatic N) is 1. The monoisotopic (exact) mass is 280 g/mol. The summed E-state index contributed by atoms with van der Waals surface area (Å²) >= 11 is 1.44. The Hall–Kier alpha value is -2.35. The largest absolute Gasteiger partial charge is 0.320 e. The Balaban J connectivity index is 2.16. The van der Waals surface area contributed by atoms with E-state index in [-0.39, 0.29) is 5.56 Å². The predicted octanol–water partition coefficient (Wildman–Crippen LogP) is 2.36. The number of hydrogen-bond donors (Lipinski definition) is 1. The van der Waals surface area contributed by atoms with Gasteiger partial charge in [0.05, 0.1) is 22.3 Å². The van der Waals surface area contributed by atoms with Crippen molar-refractivity contribution < 1.29 is 0 Å². The minimum atomic E-state index is 0.00883. The zero-order chi connectivity index (χ0) is 13.9. The van der Waals surface area contributed by atoms with Gasteiger partial charge in [-0.3, -0.25) is 4.79 Å². The van der Waals surface area contributed by atoms with Gasteiger partial charge in [0.15, 0.2) is 0 Å². The summed E-state index contributed by atoms with van der Waals surface area (Å²) in [6, 6.07) is 15.2. The number of fused-ring (bicyclic) bond motifs is 1. The average molecular weight is 280 g/mol. The SMILES string of the molecule is NCC#Cc1cccc(-n2sc3ccccc3c2=O)c1. The normalized spacial score (nSPS) is 10.2. The Morgan fingerprint density at radius 1 is 1.15 bits per heavy atom. The molecule has 0 saturated heterocycles. The molecule has 0 radical (unpaired) electrons. The summed E-state index contributed by atoms with van der Waals surface area (Å²) < 4.78 is 2.68. The molecule has 2 aromatic carbocycles. The molecule has 1 aromatic heterocycles. The van der Waals surface area contributed by atoms with Gasteiger partial charge in [0.2, 0.25) is 0 Å². The Labute approximate surface area is 120 Å². The fourth-order valence-electron chi connectivity index (χ4n) is 2.01. The number of benzene rings is 2. The van der Waals surface area contributed by atoms with Crippen molar-refractivity contribution in [2.45, 2.75) is 0 Å². The molecule has 0 bridgehead atoms. The predicted molar refractivity (Wildman–Crippen MR) is 83.4 cm³/mol. The van der Waals surface area contributed by atoms with Gasteiger partial charge in [0.25, 0.3) is 5.56 Å². The van der Waals surface area contributed by atoms with E-state index in [0.717, 1.165) is 21.3 Å². The quantitative estimate of drug-likeness (QED) is 0.696. The Morgan fingerprint density at radius 3 is 2.80 bits per heavy atom. The van der Waals surface area contributed by atoms with E-state index in [1.54, 1.807) is 3.96 Å². The van der Waals surface area contributed by atoms with Crippen LogP contribution in [0.4, 0.5) is 0 Å². The van der Waals surface area contributed by atoms with Crippen LogP contribution in [-0.2, 0) is 0 Å². The van der Waals surface area contributed by atoms with Gasteiger partial charge in [-0.2, -0.15) is 0 Å². The highest BCUT2D eigenvalue weighted by atomic mass is 32.1.